The number of rotatable bonds is 5. The first-order chi connectivity index (χ1) is 16.4. The van der Waals surface area contributed by atoms with Crippen molar-refractivity contribution in [2.24, 2.45) is 0 Å². The van der Waals surface area contributed by atoms with Gasteiger partial charge >= 0.3 is 6.03 Å². The molecule has 0 bridgehead atoms. The second-order valence-corrected chi connectivity index (χ2v) is 9.37. The molecule has 0 radical (unpaired) electrons. The number of amides is 3. The van der Waals surface area contributed by atoms with Crippen molar-refractivity contribution in [3.05, 3.63) is 94.3 Å². The maximum atomic E-state index is 13.7. The fourth-order valence-electron chi connectivity index (χ4n) is 5.44. The number of fused-ring (bicyclic) bond motifs is 2. The van der Waals surface area contributed by atoms with Crippen LogP contribution in [0.4, 0.5) is 4.79 Å². The molecule has 3 amide bonds. The third-order valence-electron chi connectivity index (χ3n) is 7.26. The molecule has 1 aliphatic heterocycles. The number of urea groups is 1. The molecule has 1 aromatic heterocycles. The number of nitrogens with zero attached hydrogens (tertiary/aromatic N) is 2. The summed E-state index contributed by atoms with van der Waals surface area (Å²) in [6.45, 7) is 4.29. The molecule has 1 fully saturated rings. The van der Waals surface area contributed by atoms with Crippen LogP contribution in [0.15, 0.2) is 60.7 Å². The Kier molecular flexibility index (Phi) is 5.60. The molecular weight excluding hydrogens is 426 g/mol. The van der Waals surface area contributed by atoms with Gasteiger partial charge in [0.2, 0.25) is 0 Å². The molecule has 1 spiro atoms. The van der Waals surface area contributed by atoms with Gasteiger partial charge in [0.25, 0.3) is 5.91 Å². The first-order valence-electron chi connectivity index (χ1n) is 11.9. The summed E-state index contributed by atoms with van der Waals surface area (Å²) in [7, 11) is 0. The lowest BCUT2D eigenvalue weighted by atomic mass is 9.84. The molecule has 2 heterocycles. The second-order valence-electron chi connectivity index (χ2n) is 9.37. The lowest BCUT2D eigenvalue weighted by Crippen LogP contribution is -2.44. The van der Waals surface area contributed by atoms with Crippen LogP contribution in [-0.4, -0.2) is 33.7 Å². The van der Waals surface area contributed by atoms with E-state index >= 15 is 0 Å². The molecule has 2 aliphatic rings. The maximum absolute atomic E-state index is 13.7. The SMILES string of the molecule is Cc1cc(C(=O)CN2C(=O)NC3(CCCCc4ccccc43)C2=O)c(C)n1Cc1ccccc1. The zero-order chi connectivity index (χ0) is 23.9. The third kappa shape index (κ3) is 3.63. The van der Waals surface area contributed by atoms with Gasteiger partial charge in [0.1, 0.15) is 5.54 Å². The number of aryl methyl sites for hydroxylation is 2. The number of ketones is 1. The third-order valence-corrected chi connectivity index (χ3v) is 7.26. The van der Waals surface area contributed by atoms with Gasteiger partial charge in [-0.1, -0.05) is 54.6 Å². The van der Waals surface area contributed by atoms with Crippen LogP contribution in [0.5, 0.6) is 0 Å². The van der Waals surface area contributed by atoms with E-state index in [1.807, 2.05) is 62.4 Å². The van der Waals surface area contributed by atoms with Crippen molar-refractivity contribution in [2.75, 3.05) is 6.54 Å². The highest BCUT2D eigenvalue weighted by atomic mass is 16.2. The molecular formula is C28H29N3O3. The maximum Gasteiger partial charge on any atom is 0.325 e. The van der Waals surface area contributed by atoms with Crippen LogP contribution in [-0.2, 0) is 23.3 Å². The van der Waals surface area contributed by atoms with Crippen molar-refractivity contribution >= 4 is 17.7 Å². The van der Waals surface area contributed by atoms with Crippen molar-refractivity contribution in [3.63, 3.8) is 0 Å². The molecule has 1 N–H and O–H groups in total. The fraction of sp³-hybridized carbons (Fsp3) is 0.321. The van der Waals surface area contributed by atoms with E-state index in [9.17, 15) is 14.4 Å². The highest BCUT2D eigenvalue weighted by Crippen LogP contribution is 2.39. The predicted octanol–water partition coefficient (Wildman–Crippen LogP) is 4.51. The zero-order valence-electron chi connectivity index (χ0n) is 19.6. The summed E-state index contributed by atoms with van der Waals surface area (Å²) >= 11 is 0. The molecule has 6 heteroatoms. The minimum absolute atomic E-state index is 0.227. The van der Waals surface area contributed by atoms with E-state index in [0.717, 1.165) is 52.2 Å². The van der Waals surface area contributed by atoms with E-state index < -0.39 is 11.6 Å². The smallest absolute Gasteiger partial charge is 0.325 e. The summed E-state index contributed by atoms with van der Waals surface area (Å²) in [6.07, 6.45) is 3.23. The Morgan fingerprint density at radius 3 is 2.53 bits per heavy atom. The Balaban J connectivity index is 1.41. The van der Waals surface area contributed by atoms with E-state index in [1.54, 1.807) is 0 Å². The lowest BCUT2D eigenvalue weighted by Gasteiger charge is -2.27. The van der Waals surface area contributed by atoms with Crippen molar-refractivity contribution < 1.29 is 14.4 Å². The van der Waals surface area contributed by atoms with Gasteiger partial charge in [-0.2, -0.15) is 0 Å². The summed E-state index contributed by atoms with van der Waals surface area (Å²) in [5.41, 5.74) is 4.38. The number of imide groups is 1. The van der Waals surface area contributed by atoms with E-state index in [1.165, 1.54) is 0 Å². The van der Waals surface area contributed by atoms with Gasteiger partial charge in [0, 0.05) is 23.5 Å². The first kappa shape index (κ1) is 22.1. The van der Waals surface area contributed by atoms with Crippen molar-refractivity contribution in [1.29, 1.82) is 0 Å². The number of hydrogen-bond donors (Lipinski definition) is 1. The van der Waals surface area contributed by atoms with Gasteiger partial charge in [-0.25, -0.2) is 4.79 Å². The average molecular weight is 456 g/mol. The van der Waals surface area contributed by atoms with E-state index in [4.69, 9.17) is 0 Å². The Hall–Kier alpha value is -3.67. The first-order valence-corrected chi connectivity index (χ1v) is 11.9. The Morgan fingerprint density at radius 1 is 1.00 bits per heavy atom. The minimum Gasteiger partial charge on any atom is -0.344 e. The Bertz CT molecular complexity index is 1280. The molecule has 34 heavy (non-hydrogen) atoms. The number of benzene rings is 2. The standard InChI is InChI=1S/C28H29N3O3/c1-19-16-23(20(2)30(19)17-21-10-4-3-5-11-21)25(32)18-31-26(33)28(29-27(31)34)15-9-8-13-22-12-6-7-14-24(22)28/h3-7,10-12,14,16H,8-9,13,15,17-18H2,1-2H3,(H,29,34). The quantitative estimate of drug-likeness (QED) is 0.455. The van der Waals surface area contributed by atoms with Gasteiger partial charge in [0.15, 0.2) is 5.78 Å². The highest BCUT2D eigenvalue weighted by Gasteiger charge is 2.53. The van der Waals surface area contributed by atoms with Crippen LogP contribution >= 0.6 is 0 Å². The van der Waals surface area contributed by atoms with Crippen LogP contribution in [0.25, 0.3) is 0 Å². The van der Waals surface area contributed by atoms with Gasteiger partial charge in [-0.05, 0) is 62.3 Å². The summed E-state index contributed by atoms with van der Waals surface area (Å²) in [6, 6.07) is 19.3. The molecule has 1 aliphatic carbocycles. The number of carbonyl (C=O) groups is 3. The van der Waals surface area contributed by atoms with Gasteiger partial charge in [-0.3, -0.25) is 14.5 Å². The van der Waals surface area contributed by atoms with Crippen LogP contribution in [0.2, 0.25) is 0 Å². The number of carbonyl (C=O) groups excluding carboxylic acids is 3. The van der Waals surface area contributed by atoms with Gasteiger partial charge in [-0.15, -0.1) is 0 Å². The molecule has 1 atom stereocenters. The highest BCUT2D eigenvalue weighted by molar-refractivity contribution is 6.11. The number of hydrogen-bond acceptors (Lipinski definition) is 3. The van der Waals surface area contributed by atoms with E-state index in [0.29, 0.717) is 18.5 Å². The predicted molar refractivity (Wildman–Crippen MR) is 130 cm³/mol. The minimum atomic E-state index is -1.07. The summed E-state index contributed by atoms with van der Waals surface area (Å²) in [5, 5.41) is 2.97. The molecule has 1 saturated heterocycles. The molecule has 2 aromatic carbocycles. The van der Waals surface area contributed by atoms with Crippen molar-refractivity contribution in [2.45, 2.75) is 51.6 Å². The summed E-state index contributed by atoms with van der Waals surface area (Å²) in [4.78, 5) is 41.1. The van der Waals surface area contributed by atoms with Gasteiger partial charge < -0.3 is 9.88 Å². The van der Waals surface area contributed by atoms with E-state index in [-0.39, 0.29) is 18.2 Å². The van der Waals surface area contributed by atoms with Crippen LogP contribution in [0.3, 0.4) is 0 Å². The van der Waals surface area contributed by atoms with Crippen molar-refractivity contribution in [3.8, 4) is 0 Å². The number of nitrogens with one attached hydrogen (secondary N) is 1. The fourth-order valence-corrected chi connectivity index (χ4v) is 5.44. The molecule has 5 rings (SSSR count). The number of Topliss-reactive ketones (excluding diaryl/α,β-unsaturated/α-hetero) is 1. The monoisotopic (exact) mass is 455 g/mol. The van der Waals surface area contributed by atoms with Crippen LogP contribution in [0.1, 0.15) is 57.7 Å². The Morgan fingerprint density at radius 2 is 1.74 bits per heavy atom. The average Bonchev–Trinajstić information content (AvgIpc) is 3.16. The topological polar surface area (TPSA) is 71.4 Å². The normalized spacial score (nSPS) is 19.8. The Labute approximate surface area is 199 Å². The van der Waals surface area contributed by atoms with Crippen LogP contribution in [0, 0.1) is 13.8 Å². The lowest BCUT2D eigenvalue weighted by molar-refractivity contribution is -0.131. The van der Waals surface area contributed by atoms with Crippen molar-refractivity contribution in [1.82, 2.24) is 14.8 Å². The number of aromatic nitrogens is 1. The second kappa shape index (κ2) is 8.60. The molecule has 3 aromatic rings. The largest absolute Gasteiger partial charge is 0.344 e. The zero-order valence-corrected chi connectivity index (χ0v) is 19.6. The molecule has 1 unspecified atom stereocenters. The molecule has 6 nitrogen and oxygen atoms in total. The molecule has 174 valence electrons. The summed E-state index contributed by atoms with van der Waals surface area (Å²) in [5.74, 6) is -0.548. The summed E-state index contributed by atoms with van der Waals surface area (Å²) < 4.78 is 2.09. The van der Waals surface area contributed by atoms with E-state index in [2.05, 4.69) is 22.0 Å². The molecule has 0 saturated carbocycles. The van der Waals surface area contributed by atoms with Gasteiger partial charge in [0.05, 0.1) is 6.54 Å². The van der Waals surface area contributed by atoms with Crippen LogP contribution < -0.4 is 5.32 Å².